The van der Waals surface area contributed by atoms with Gasteiger partial charge in [-0.1, -0.05) is 116 Å². The molecular formula is C35H65NO5. The van der Waals surface area contributed by atoms with Gasteiger partial charge in [0.2, 0.25) is 6.41 Å². The molecule has 0 aromatic carbocycles. The van der Waals surface area contributed by atoms with E-state index in [1.807, 2.05) is 6.08 Å². The fraction of sp³-hybridized carbons (Fsp3) is 0.857. The summed E-state index contributed by atoms with van der Waals surface area (Å²) >= 11 is 0. The summed E-state index contributed by atoms with van der Waals surface area (Å²) in [5, 5.41) is 0. The first-order valence-corrected chi connectivity index (χ1v) is 17.3. The van der Waals surface area contributed by atoms with Gasteiger partial charge >= 0.3 is 11.9 Å². The van der Waals surface area contributed by atoms with Gasteiger partial charge in [-0.3, -0.25) is 14.4 Å². The Balaban J connectivity index is 4.19. The lowest BCUT2D eigenvalue weighted by molar-refractivity contribution is -0.150. The highest BCUT2D eigenvalue weighted by molar-refractivity contribution is 5.70. The van der Waals surface area contributed by atoms with Crippen molar-refractivity contribution in [3.63, 3.8) is 0 Å². The number of carbonyl (C=O) groups is 3. The van der Waals surface area contributed by atoms with Gasteiger partial charge < -0.3 is 14.4 Å². The number of esters is 2. The zero-order valence-corrected chi connectivity index (χ0v) is 27.2. The van der Waals surface area contributed by atoms with Crippen molar-refractivity contribution < 1.29 is 23.9 Å². The molecule has 0 aromatic rings. The van der Waals surface area contributed by atoms with Crippen molar-refractivity contribution in [2.24, 2.45) is 0 Å². The van der Waals surface area contributed by atoms with Crippen LogP contribution in [0.15, 0.2) is 12.2 Å². The molecule has 0 aliphatic rings. The van der Waals surface area contributed by atoms with Crippen molar-refractivity contribution in [1.82, 2.24) is 4.90 Å². The van der Waals surface area contributed by atoms with E-state index < -0.39 is 0 Å². The zero-order chi connectivity index (χ0) is 30.2. The van der Waals surface area contributed by atoms with E-state index in [0.717, 1.165) is 38.5 Å². The van der Waals surface area contributed by atoms with Crippen LogP contribution < -0.4 is 0 Å². The van der Waals surface area contributed by atoms with E-state index in [1.54, 1.807) is 4.90 Å². The van der Waals surface area contributed by atoms with E-state index in [4.69, 9.17) is 9.47 Å². The van der Waals surface area contributed by atoms with Crippen LogP contribution in [0.2, 0.25) is 0 Å². The summed E-state index contributed by atoms with van der Waals surface area (Å²) in [6, 6.07) is 0. The number of amides is 1. The quantitative estimate of drug-likeness (QED) is 0.0354. The maximum atomic E-state index is 12.6. The second-order valence-electron chi connectivity index (χ2n) is 11.6. The first-order chi connectivity index (χ1) is 20.1. The summed E-state index contributed by atoms with van der Waals surface area (Å²) in [5.74, 6) is -0.392. The van der Waals surface area contributed by atoms with Crippen LogP contribution in [0.25, 0.3) is 0 Å². The van der Waals surface area contributed by atoms with E-state index in [0.29, 0.717) is 39.0 Å². The van der Waals surface area contributed by atoms with Crippen molar-refractivity contribution in [2.75, 3.05) is 19.7 Å². The van der Waals surface area contributed by atoms with E-state index in [2.05, 4.69) is 26.8 Å². The van der Waals surface area contributed by atoms with E-state index in [-0.39, 0.29) is 24.5 Å². The Kier molecular flexibility index (Phi) is 29.7. The smallest absolute Gasteiger partial charge is 0.306 e. The van der Waals surface area contributed by atoms with Gasteiger partial charge in [0.1, 0.15) is 12.7 Å². The average Bonchev–Trinajstić information content (AvgIpc) is 2.97. The minimum atomic E-state index is -0.239. The maximum Gasteiger partial charge on any atom is 0.306 e. The Morgan fingerprint density at radius 1 is 0.610 bits per heavy atom. The van der Waals surface area contributed by atoms with Crippen molar-refractivity contribution in [2.45, 2.75) is 175 Å². The number of carbonyl (C=O) groups excluding carboxylic acids is 3. The summed E-state index contributed by atoms with van der Waals surface area (Å²) in [7, 11) is 0. The molecule has 0 spiro atoms. The second-order valence-corrected chi connectivity index (χ2v) is 11.6. The average molecular weight is 580 g/mol. The van der Waals surface area contributed by atoms with Gasteiger partial charge in [-0.25, -0.2) is 0 Å². The van der Waals surface area contributed by atoms with Gasteiger partial charge in [-0.2, -0.15) is 0 Å². The van der Waals surface area contributed by atoms with Gasteiger partial charge in [0, 0.05) is 25.9 Å². The van der Waals surface area contributed by atoms with Crippen LogP contribution in [0.5, 0.6) is 0 Å². The van der Waals surface area contributed by atoms with E-state index >= 15 is 0 Å². The van der Waals surface area contributed by atoms with Gasteiger partial charge in [0.25, 0.3) is 0 Å². The van der Waals surface area contributed by atoms with Crippen LogP contribution in [0.1, 0.15) is 168 Å². The predicted molar refractivity (Wildman–Crippen MR) is 171 cm³/mol. The molecule has 1 amide bonds. The molecule has 6 heteroatoms. The molecule has 0 fully saturated rings. The van der Waals surface area contributed by atoms with Crippen LogP contribution >= 0.6 is 0 Å². The third-order valence-electron chi connectivity index (χ3n) is 7.59. The summed E-state index contributed by atoms with van der Waals surface area (Å²) in [5.41, 5.74) is 0. The standard InChI is InChI=1S/C35H65NO5/c1-4-7-10-13-16-19-22-31-40-34(38)27-23-29-36(32-37)30-24-28-35(39)41-33(25-20-17-14-11-8-5-2)26-21-18-15-12-9-6-3/h19,22,32-33H,4-18,20-21,23-31H2,1-3H3/b22-19-. The molecule has 0 heterocycles. The molecule has 0 aromatic heterocycles. The van der Waals surface area contributed by atoms with Crippen LogP contribution in [0.4, 0.5) is 0 Å². The fourth-order valence-electron chi connectivity index (χ4n) is 4.97. The van der Waals surface area contributed by atoms with Crippen LogP contribution in [-0.2, 0) is 23.9 Å². The normalized spacial score (nSPS) is 11.3. The molecule has 240 valence electrons. The summed E-state index contributed by atoms with van der Waals surface area (Å²) in [6.07, 6.45) is 29.3. The summed E-state index contributed by atoms with van der Waals surface area (Å²) < 4.78 is 11.1. The monoisotopic (exact) mass is 579 g/mol. The Hall–Kier alpha value is -1.85. The molecule has 0 saturated carbocycles. The number of ether oxygens (including phenoxy) is 2. The summed E-state index contributed by atoms with van der Waals surface area (Å²) in [6.45, 7) is 7.96. The Labute approximate surface area is 253 Å². The van der Waals surface area contributed by atoms with Crippen molar-refractivity contribution >= 4 is 18.3 Å². The minimum Gasteiger partial charge on any atom is -0.462 e. The third-order valence-corrected chi connectivity index (χ3v) is 7.59. The zero-order valence-electron chi connectivity index (χ0n) is 27.2. The van der Waals surface area contributed by atoms with Crippen LogP contribution in [0, 0.1) is 0 Å². The van der Waals surface area contributed by atoms with Gasteiger partial charge in [0.05, 0.1) is 0 Å². The molecule has 0 aliphatic heterocycles. The molecule has 0 radical (unpaired) electrons. The highest BCUT2D eigenvalue weighted by Gasteiger charge is 2.15. The van der Waals surface area contributed by atoms with Gasteiger partial charge in [-0.05, 0) is 51.4 Å². The molecule has 0 saturated heterocycles. The van der Waals surface area contributed by atoms with Gasteiger partial charge in [-0.15, -0.1) is 0 Å². The molecule has 41 heavy (non-hydrogen) atoms. The molecule has 0 atom stereocenters. The Morgan fingerprint density at radius 2 is 1.10 bits per heavy atom. The molecule has 6 nitrogen and oxygen atoms in total. The number of hydrogen-bond donors (Lipinski definition) is 0. The third kappa shape index (κ3) is 28.1. The van der Waals surface area contributed by atoms with Crippen LogP contribution in [-0.4, -0.2) is 49.0 Å². The summed E-state index contributed by atoms with van der Waals surface area (Å²) in [4.78, 5) is 37.7. The molecule has 0 aliphatic carbocycles. The number of hydrogen-bond acceptors (Lipinski definition) is 5. The van der Waals surface area contributed by atoms with Crippen LogP contribution in [0.3, 0.4) is 0 Å². The van der Waals surface area contributed by atoms with E-state index in [9.17, 15) is 14.4 Å². The lowest BCUT2D eigenvalue weighted by Crippen LogP contribution is -2.26. The van der Waals surface area contributed by atoms with Gasteiger partial charge in [0.15, 0.2) is 0 Å². The second kappa shape index (κ2) is 31.1. The van der Waals surface area contributed by atoms with Crippen molar-refractivity contribution in [1.29, 1.82) is 0 Å². The number of unbranched alkanes of at least 4 members (excludes halogenated alkanes) is 14. The topological polar surface area (TPSA) is 72.9 Å². The lowest BCUT2D eigenvalue weighted by atomic mass is 10.0. The number of rotatable bonds is 31. The fourth-order valence-corrected chi connectivity index (χ4v) is 4.97. The first-order valence-electron chi connectivity index (χ1n) is 17.3. The molecule has 0 N–H and O–H groups in total. The first kappa shape index (κ1) is 39.1. The van der Waals surface area contributed by atoms with E-state index in [1.165, 1.54) is 89.9 Å². The van der Waals surface area contributed by atoms with Crippen molar-refractivity contribution in [3.8, 4) is 0 Å². The molecule has 0 unspecified atom stereocenters. The highest BCUT2D eigenvalue weighted by atomic mass is 16.5. The SMILES string of the molecule is CCCCCC/C=C\COC(=O)CCCN(C=O)CCCC(=O)OC(CCCCCCCC)CCCCCCCC. The predicted octanol–water partition coefficient (Wildman–Crippen LogP) is 9.49. The molecular weight excluding hydrogens is 514 g/mol. The molecule has 0 rings (SSSR count). The number of nitrogens with zero attached hydrogens (tertiary/aromatic N) is 1. The maximum absolute atomic E-state index is 12.6. The minimum absolute atomic E-state index is 0.0175. The Bertz CT molecular complexity index is 620. The molecule has 0 bridgehead atoms. The number of allylic oxidation sites excluding steroid dienone is 1. The highest BCUT2D eigenvalue weighted by Crippen LogP contribution is 2.18. The Morgan fingerprint density at radius 3 is 1.63 bits per heavy atom. The lowest BCUT2D eigenvalue weighted by Gasteiger charge is -2.19. The van der Waals surface area contributed by atoms with Crippen molar-refractivity contribution in [3.05, 3.63) is 12.2 Å². The largest absolute Gasteiger partial charge is 0.462 e.